The molecule has 0 aliphatic heterocycles. The summed E-state index contributed by atoms with van der Waals surface area (Å²) < 4.78 is 64.8. The Kier molecular flexibility index (Phi) is 18.5. The molecule has 0 spiro atoms. The average Bonchev–Trinajstić information content (AvgIpc) is 3.79. The molecule has 0 N–H and O–H groups in total. The van der Waals surface area contributed by atoms with Crippen LogP contribution >= 0.6 is 23.5 Å². The van der Waals surface area contributed by atoms with Crippen molar-refractivity contribution in [1.82, 2.24) is 0 Å². The Balaban J connectivity index is 0.000000186. The third-order valence-corrected chi connectivity index (χ3v) is 12.8. The molecule has 16 heteroatoms. The second-order valence-corrected chi connectivity index (χ2v) is 17.4. The minimum Gasteiger partial charge on any atom is -0.756 e. The molecular weight excluding hydrogens is 697 g/mol. The summed E-state index contributed by atoms with van der Waals surface area (Å²) in [7, 11) is -12.1. The zero-order chi connectivity index (χ0) is 32.2. The van der Waals surface area contributed by atoms with Gasteiger partial charge >= 0.3 is 17.4 Å². The van der Waals surface area contributed by atoms with Crippen LogP contribution in [0.3, 0.4) is 0 Å². The maximum absolute atomic E-state index is 11.5. The third kappa shape index (κ3) is 16.3. The van der Waals surface area contributed by atoms with E-state index in [4.69, 9.17) is 27.1 Å². The molecule has 0 saturated heterocycles. The van der Waals surface area contributed by atoms with Crippen LogP contribution in [0.15, 0.2) is 0 Å². The Morgan fingerprint density at radius 1 is 0.304 bits per heavy atom. The van der Waals surface area contributed by atoms with Gasteiger partial charge in [-0.25, -0.2) is 0 Å². The van der Waals surface area contributed by atoms with Crippen molar-refractivity contribution in [2.75, 3.05) is 0 Å². The van der Waals surface area contributed by atoms with Crippen LogP contribution in [-0.4, -0.2) is 36.6 Å². The monoisotopic (exact) mass is 751 g/mol. The van der Waals surface area contributed by atoms with Crippen LogP contribution in [0, 0.1) is 0 Å². The van der Waals surface area contributed by atoms with Gasteiger partial charge in [-0.05, 0) is 77.0 Å². The van der Waals surface area contributed by atoms with Gasteiger partial charge in [0.25, 0.3) is 23.5 Å². The molecule has 0 heterocycles. The van der Waals surface area contributed by atoms with Gasteiger partial charge in [-0.15, -0.1) is 0 Å². The first-order valence-electron chi connectivity index (χ1n) is 17.5. The van der Waals surface area contributed by atoms with Gasteiger partial charge in [-0.3, -0.25) is 13.7 Å². The van der Waals surface area contributed by atoms with Gasteiger partial charge in [0.15, 0.2) is 0 Å². The molecule has 46 heavy (non-hydrogen) atoms. The summed E-state index contributed by atoms with van der Waals surface area (Å²) in [4.78, 5) is 34.6. The number of hydrogen-bond acceptors (Lipinski definition) is 12. The standard InChI is InChI=1S/3C10H19O4P.Cr/c3*11-15(12,13-9-5-1-2-6-9)14-10-7-3-4-8-10;/h3*9-10H,1-8H2,(H,11,12);/q;;;+3/p-3. The number of rotatable bonds is 12. The fourth-order valence-corrected chi connectivity index (χ4v) is 10.7. The summed E-state index contributed by atoms with van der Waals surface area (Å²) in [6.07, 6.45) is 22.2. The molecular formula is C30H54CrO12P3. The predicted molar refractivity (Wildman–Crippen MR) is 163 cm³/mol. The first kappa shape index (κ1) is 41.3. The van der Waals surface area contributed by atoms with Crippen molar-refractivity contribution in [3.8, 4) is 0 Å². The molecule has 1 radical (unpaired) electrons. The average molecular weight is 752 g/mol. The van der Waals surface area contributed by atoms with Gasteiger partial charge in [-0.2, -0.15) is 0 Å². The summed E-state index contributed by atoms with van der Waals surface area (Å²) in [6, 6.07) is 0. The topological polar surface area (TPSA) is 176 Å². The number of phosphoric acid groups is 3. The molecule has 6 saturated carbocycles. The fourth-order valence-electron chi connectivity index (χ4n) is 7.13. The number of phosphoric ester groups is 3. The summed E-state index contributed by atoms with van der Waals surface area (Å²) in [6.45, 7) is 0. The molecule has 0 bridgehead atoms. The second kappa shape index (κ2) is 20.6. The van der Waals surface area contributed by atoms with E-state index < -0.39 is 23.5 Å². The molecule has 0 amide bonds. The molecule has 267 valence electrons. The molecule has 6 fully saturated rings. The summed E-state index contributed by atoms with van der Waals surface area (Å²) in [5.41, 5.74) is 0. The van der Waals surface area contributed by atoms with Gasteiger partial charge in [0.2, 0.25) is 0 Å². The van der Waals surface area contributed by atoms with E-state index >= 15 is 0 Å². The minimum absolute atomic E-state index is 0. The molecule has 6 rings (SSSR count). The molecule has 12 nitrogen and oxygen atoms in total. The predicted octanol–water partition coefficient (Wildman–Crippen LogP) is 7.12. The molecule has 6 aliphatic rings. The molecule has 6 aliphatic carbocycles. The maximum atomic E-state index is 11.5. The Morgan fingerprint density at radius 3 is 0.522 bits per heavy atom. The molecule has 0 aromatic rings. The normalized spacial score (nSPS) is 24.6. The zero-order valence-electron chi connectivity index (χ0n) is 27.1. The Morgan fingerprint density at radius 2 is 0.413 bits per heavy atom. The SMILES string of the molecule is O=P([O-])(OC1CCCC1)OC1CCCC1.O=P([O-])(OC1CCCC1)OC1CCCC1.O=P([O-])(OC1CCCC1)OC1CCCC1.[Cr+3]. The van der Waals surface area contributed by atoms with E-state index in [1.54, 1.807) is 0 Å². The Labute approximate surface area is 286 Å². The fraction of sp³-hybridized carbons (Fsp3) is 1.00. The van der Waals surface area contributed by atoms with Crippen LogP contribution in [0.5, 0.6) is 0 Å². The van der Waals surface area contributed by atoms with E-state index in [9.17, 15) is 28.4 Å². The van der Waals surface area contributed by atoms with Crippen molar-refractivity contribution < 1.29 is 72.9 Å². The van der Waals surface area contributed by atoms with Crippen LogP contribution in [-0.2, 0) is 58.2 Å². The minimum atomic E-state index is -4.04. The van der Waals surface area contributed by atoms with Crippen molar-refractivity contribution in [1.29, 1.82) is 0 Å². The summed E-state index contributed by atoms with van der Waals surface area (Å²) >= 11 is 0. The second-order valence-electron chi connectivity index (χ2n) is 13.4. The van der Waals surface area contributed by atoms with Crippen molar-refractivity contribution in [2.45, 2.75) is 191 Å². The van der Waals surface area contributed by atoms with Gasteiger partial charge < -0.3 is 41.8 Å². The van der Waals surface area contributed by atoms with Crippen molar-refractivity contribution >= 4 is 23.5 Å². The molecule has 0 aromatic carbocycles. The first-order valence-corrected chi connectivity index (χ1v) is 21.9. The van der Waals surface area contributed by atoms with Crippen LogP contribution < -0.4 is 14.7 Å². The van der Waals surface area contributed by atoms with Gasteiger partial charge in [-0.1, -0.05) is 77.0 Å². The van der Waals surface area contributed by atoms with E-state index in [2.05, 4.69) is 0 Å². The quantitative estimate of drug-likeness (QED) is 0.185. The molecule has 0 aromatic heterocycles. The third-order valence-electron chi connectivity index (χ3n) is 9.48. The largest absolute Gasteiger partial charge is 3.00 e. The van der Waals surface area contributed by atoms with Crippen LogP contribution in [0.25, 0.3) is 0 Å². The zero-order valence-corrected chi connectivity index (χ0v) is 31.0. The van der Waals surface area contributed by atoms with E-state index in [-0.39, 0.29) is 54.0 Å². The van der Waals surface area contributed by atoms with Crippen molar-refractivity contribution in [2.24, 2.45) is 0 Å². The van der Waals surface area contributed by atoms with E-state index in [0.29, 0.717) is 0 Å². The molecule has 0 unspecified atom stereocenters. The van der Waals surface area contributed by atoms with E-state index in [1.165, 1.54) is 0 Å². The van der Waals surface area contributed by atoms with Crippen molar-refractivity contribution in [3.05, 3.63) is 0 Å². The Hall–Kier alpha value is 0.862. The van der Waals surface area contributed by atoms with Gasteiger partial charge in [0.1, 0.15) is 0 Å². The van der Waals surface area contributed by atoms with Crippen LogP contribution in [0.2, 0.25) is 0 Å². The van der Waals surface area contributed by atoms with E-state index in [1.807, 2.05) is 0 Å². The summed E-state index contributed by atoms with van der Waals surface area (Å²) in [5.74, 6) is 0. The Bertz CT molecular complexity index is 796. The van der Waals surface area contributed by atoms with Crippen molar-refractivity contribution in [3.63, 3.8) is 0 Å². The van der Waals surface area contributed by atoms with E-state index in [0.717, 1.165) is 154 Å². The smallest absolute Gasteiger partial charge is 0.756 e. The maximum Gasteiger partial charge on any atom is 3.00 e. The van der Waals surface area contributed by atoms with Gasteiger partial charge in [0.05, 0.1) is 36.6 Å². The number of hydrogen-bond donors (Lipinski definition) is 0. The van der Waals surface area contributed by atoms with Gasteiger partial charge in [0, 0.05) is 0 Å². The summed E-state index contributed by atoms with van der Waals surface area (Å²) in [5, 5.41) is 0. The van der Waals surface area contributed by atoms with Crippen LogP contribution in [0.4, 0.5) is 0 Å². The molecule has 0 atom stereocenters. The van der Waals surface area contributed by atoms with Crippen LogP contribution in [0.1, 0.15) is 154 Å². The first-order chi connectivity index (χ1) is 21.5.